The lowest BCUT2D eigenvalue weighted by Crippen LogP contribution is -2.48. The Morgan fingerprint density at radius 1 is 1.24 bits per heavy atom. The van der Waals surface area contributed by atoms with Crippen molar-refractivity contribution in [1.82, 2.24) is 4.72 Å². The minimum atomic E-state index is -4.09. The van der Waals surface area contributed by atoms with Crippen molar-refractivity contribution >= 4 is 22.0 Å². The number of carbonyl (C=O) groups is 2. The summed E-state index contributed by atoms with van der Waals surface area (Å²) >= 11 is 0. The zero-order chi connectivity index (χ0) is 16.2. The summed E-state index contributed by atoms with van der Waals surface area (Å²) in [6, 6.07) is 3.09. The van der Waals surface area contributed by atoms with E-state index in [9.17, 15) is 28.2 Å². The van der Waals surface area contributed by atoms with Crippen molar-refractivity contribution in [2.24, 2.45) is 0 Å². The van der Waals surface area contributed by atoms with Gasteiger partial charge in [-0.15, -0.1) is 0 Å². The summed E-state index contributed by atoms with van der Waals surface area (Å²) in [7, 11) is -4.09. The van der Waals surface area contributed by atoms with E-state index in [4.69, 9.17) is 0 Å². The van der Waals surface area contributed by atoms with Crippen molar-refractivity contribution in [3.63, 3.8) is 0 Å². The highest BCUT2D eigenvalue weighted by Gasteiger charge is 2.22. The van der Waals surface area contributed by atoms with E-state index >= 15 is 0 Å². The molecule has 0 aromatic heterocycles. The van der Waals surface area contributed by atoms with Crippen LogP contribution in [-0.2, 0) is 19.6 Å². The molecule has 21 heavy (non-hydrogen) atoms. The maximum atomic E-state index is 12.2. The van der Waals surface area contributed by atoms with E-state index in [1.807, 2.05) is 4.72 Å². The zero-order valence-corrected chi connectivity index (χ0v) is 12.4. The van der Waals surface area contributed by atoms with Crippen molar-refractivity contribution < 1.29 is 28.2 Å². The molecule has 0 fully saturated rings. The van der Waals surface area contributed by atoms with Gasteiger partial charge in [0.15, 0.2) is 0 Å². The van der Waals surface area contributed by atoms with E-state index in [0.29, 0.717) is 11.1 Å². The molecule has 0 aliphatic heterocycles. The van der Waals surface area contributed by atoms with Gasteiger partial charge in [0.2, 0.25) is 10.0 Å². The quantitative estimate of drug-likeness (QED) is 0.635. The number of benzene rings is 1. The van der Waals surface area contributed by atoms with Crippen molar-refractivity contribution in [3.8, 4) is 0 Å². The first-order valence-corrected chi connectivity index (χ1v) is 7.62. The van der Waals surface area contributed by atoms with Gasteiger partial charge in [-0.3, -0.25) is 0 Å². The van der Waals surface area contributed by atoms with Crippen molar-refractivity contribution in [1.29, 1.82) is 0 Å². The van der Waals surface area contributed by atoms with Gasteiger partial charge in [-0.25, -0.2) is 13.1 Å². The molecule has 0 unspecified atom stereocenters. The highest BCUT2D eigenvalue weighted by Crippen LogP contribution is 2.17. The average molecular weight is 313 g/mol. The number of sulfonamides is 1. The second-order valence-electron chi connectivity index (χ2n) is 4.67. The molecule has 1 rings (SSSR count). The lowest BCUT2D eigenvalue weighted by atomic mass is 10.2. The normalized spacial score (nSPS) is 12.9. The topological polar surface area (TPSA) is 126 Å². The van der Waals surface area contributed by atoms with Crippen LogP contribution in [0.2, 0.25) is 0 Å². The fourth-order valence-electron chi connectivity index (χ4n) is 1.73. The van der Waals surface area contributed by atoms with Crippen LogP contribution in [0.4, 0.5) is 0 Å². The van der Waals surface area contributed by atoms with E-state index in [0.717, 1.165) is 0 Å². The van der Waals surface area contributed by atoms with E-state index in [1.54, 1.807) is 26.0 Å². The molecule has 0 spiro atoms. The van der Waals surface area contributed by atoms with Crippen LogP contribution < -0.4 is 14.9 Å². The van der Waals surface area contributed by atoms with Gasteiger partial charge < -0.3 is 19.8 Å². The standard InChI is InChI=1S/C13H17NO6S/c1-8-3-4-9(2)11(7-8)21(19,20)14-10(13(17)18)5-6-12(15)16/h3-4,7,10,14H,5-6H2,1-2H3,(H,15,16)(H,17,18)/p-2/t10-/m1/s1. The van der Waals surface area contributed by atoms with E-state index in [-0.39, 0.29) is 4.90 Å². The summed E-state index contributed by atoms with van der Waals surface area (Å²) in [4.78, 5) is 21.2. The Morgan fingerprint density at radius 2 is 1.86 bits per heavy atom. The highest BCUT2D eigenvalue weighted by atomic mass is 32.2. The highest BCUT2D eigenvalue weighted by molar-refractivity contribution is 7.89. The minimum Gasteiger partial charge on any atom is -0.550 e. The Balaban J connectivity index is 3.03. The molecule has 7 nitrogen and oxygen atoms in total. The summed E-state index contributed by atoms with van der Waals surface area (Å²) < 4.78 is 26.4. The first-order chi connectivity index (χ1) is 9.63. The number of carbonyl (C=O) groups excluding carboxylic acids is 2. The van der Waals surface area contributed by atoms with Crippen LogP contribution in [0.25, 0.3) is 0 Å². The SMILES string of the molecule is Cc1ccc(C)c(S(=O)(=O)N[C@H](CCC(=O)[O-])C(=O)[O-])c1. The number of nitrogens with one attached hydrogen (secondary N) is 1. The van der Waals surface area contributed by atoms with Crippen LogP contribution in [0.5, 0.6) is 0 Å². The summed E-state index contributed by atoms with van der Waals surface area (Å²) in [6.45, 7) is 3.27. The number of hydrogen-bond acceptors (Lipinski definition) is 6. The van der Waals surface area contributed by atoms with Gasteiger partial charge in [0.1, 0.15) is 0 Å². The third-order valence-electron chi connectivity index (χ3n) is 2.85. The number of rotatable bonds is 7. The number of carboxylic acids is 2. The molecule has 8 heteroatoms. The Kier molecular flexibility index (Phi) is 5.45. The second-order valence-corrected chi connectivity index (χ2v) is 6.35. The molecule has 0 aliphatic carbocycles. The summed E-state index contributed by atoms with van der Waals surface area (Å²) in [5.41, 5.74) is 1.14. The molecule has 0 radical (unpaired) electrons. The molecular weight excluding hydrogens is 298 g/mol. The zero-order valence-electron chi connectivity index (χ0n) is 11.6. The molecule has 1 aromatic carbocycles. The Morgan fingerprint density at radius 3 is 2.38 bits per heavy atom. The number of aliphatic carboxylic acids is 2. The molecule has 1 aromatic rings. The summed E-state index contributed by atoms with van der Waals surface area (Å²) in [5, 5.41) is 21.3. The van der Waals surface area contributed by atoms with Gasteiger partial charge in [0.05, 0.1) is 16.9 Å². The van der Waals surface area contributed by atoms with Crippen LogP contribution in [0.1, 0.15) is 24.0 Å². The monoisotopic (exact) mass is 313 g/mol. The predicted molar refractivity (Wildman–Crippen MR) is 69.3 cm³/mol. The predicted octanol–water partition coefficient (Wildman–Crippen LogP) is -1.77. The van der Waals surface area contributed by atoms with Gasteiger partial charge in [-0.05, 0) is 43.9 Å². The van der Waals surface area contributed by atoms with Gasteiger partial charge in [-0.1, -0.05) is 12.1 Å². The summed E-state index contributed by atoms with van der Waals surface area (Å²) in [5.74, 6) is -3.16. The molecule has 0 heterocycles. The second kappa shape index (κ2) is 6.68. The molecule has 0 amide bonds. The molecule has 0 bridgehead atoms. The Bertz CT molecular complexity index is 653. The fraction of sp³-hybridized carbons (Fsp3) is 0.385. The summed E-state index contributed by atoms with van der Waals surface area (Å²) in [6.07, 6.45) is -1.04. The Labute approximate surface area is 122 Å². The number of carboxylic acid groups (broad SMARTS) is 2. The maximum Gasteiger partial charge on any atom is 0.241 e. The van der Waals surface area contributed by atoms with Gasteiger partial charge >= 0.3 is 0 Å². The largest absolute Gasteiger partial charge is 0.550 e. The maximum absolute atomic E-state index is 12.2. The van der Waals surface area contributed by atoms with Gasteiger partial charge in [0, 0.05) is 5.97 Å². The van der Waals surface area contributed by atoms with E-state index < -0.39 is 40.8 Å². The molecule has 0 saturated heterocycles. The molecule has 0 aliphatic rings. The lowest BCUT2D eigenvalue weighted by molar-refractivity contribution is -0.309. The first-order valence-electron chi connectivity index (χ1n) is 6.14. The van der Waals surface area contributed by atoms with Crippen LogP contribution in [0, 0.1) is 13.8 Å². The van der Waals surface area contributed by atoms with Crippen LogP contribution in [0.3, 0.4) is 0 Å². The third kappa shape index (κ3) is 4.83. The van der Waals surface area contributed by atoms with Gasteiger partial charge in [-0.2, -0.15) is 0 Å². The minimum absolute atomic E-state index is 0.0535. The average Bonchev–Trinajstić information content (AvgIpc) is 2.36. The van der Waals surface area contributed by atoms with Crippen LogP contribution >= 0.6 is 0 Å². The molecule has 1 atom stereocenters. The van der Waals surface area contributed by atoms with Gasteiger partial charge in [0.25, 0.3) is 0 Å². The number of aryl methyl sites for hydroxylation is 2. The van der Waals surface area contributed by atoms with Crippen LogP contribution in [0.15, 0.2) is 23.1 Å². The fourth-order valence-corrected chi connectivity index (χ4v) is 3.28. The third-order valence-corrected chi connectivity index (χ3v) is 4.47. The van der Waals surface area contributed by atoms with E-state index in [1.165, 1.54) is 6.07 Å². The smallest absolute Gasteiger partial charge is 0.241 e. The molecule has 0 saturated carbocycles. The Hall–Kier alpha value is -1.93. The van der Waals surface area contributed by atoms with E-state index in [2.05, 4.69) is 0 Å². The molecule has 1 N–H and O–H groups in total. The lowest BCUT2D eigenvalue weighted by Gasteiger charge is -2.20. The molecule has 116 valence electrons. The first kappa shape index (κ1) is 17.1. The molecular formula is C13H15NO6S-2. The van der Waals surface area contributed by atoms with Crippen molar-refractivity contribution in [2.45, 2.75) is 37.6 Å². The van der Waals surface area contributed by atoms with Crippen LogP contribution in [-0.4, -0.2) is 26.4 Å². The van der Waals surface area contributed by atoms with Crippen molar-refractivity contribution in [2.75, 3.05) is 0 Å². The number of hydrogen-bond donors (Lipinski definition) is 1. The van der Waals surface area contributed by atoms with Crippen molar-refractivity contribution in [3.05, 3.63) is 29.3 Å².